The van der Waals surface area contributed by atoms with Crippen molar-refractivity contribution in [3.63, 3.8) is 0 Å². The van der Waals surface area contributed by atoms with E-state index >= 15 is 0 Å². The van der Waals surface area contributed by atoms with Gasteiger partial charge in [0.2, 0.25) is 5.91 Å². The summed E-state index contributed by atoms with van der Waals surface area (Å²) in [4.78, 5) is 19.8. The predicted molar refractivity (Wildman–Crippen MR) is 140 cm³/mol. The number of benzene rings is 2. The van der Waals surface area contributed by atoms with Crippen LogP contribution in [0.5, 0.6) is 0 Å². The average molecular weight is 494 g/mol. The third-order valence-electron chi connectivity index (χ3n) is 6.75. The van der Waals surface area contributed by atoms with Crippen LogP contribution < -0.4 is 4.90 Å². The quantitative estimate of drug-likeness (QED) is 0.431. The number of hydrogen-bond donors (Lipinski definition) is 0. The third-order valence-corrected chi connectivity index (χ3v) is 6.75. The summed E-state index contributed by atoms with van der Waals surface area (Å²) in [6.45, 7) is 6.88. The number of methoxy groups -OCH3 is 1. The molecule has 1 aromatic heterocycles. The van der Waals surface area contributed by atoms with Crippen molar-refractivity contribution in [1.29, 1.82) is 0 Å². The highest BCUT2D eigenvalue weighted by atomic mass is 19.1. The topological polar surface area (TPSA) is 53.8 Å². The van der Waals surface area contributed by atoms with Crippen LogP contribution in [-0.4, -0.2) is 79.0 Å². The summed E-state index contributed by atoms with van der Waals surface area (Å²) in [5, 5.41) is 4.83. The maximum Gasteiger partial charge on any atom is 0.223 e. The van der Waals surface area contributed by atoms with E-state index in [0.717, 1.165) is 48.8 Å². The molecule has 0 spiro atoms. The highest BCUT2D eigenvalue weighted by Crippen LogP contribution is 2.30. The van der Waals surface area contributed by atoms with Crippen LogP contribution in [0.2, 0.25) is 0 Å². The van der Waals surface area contributed by atoms with Crippen molar-refractivity contribution in [1.82, 2.24) is 19.6 Å². The molecule has 0 aliphatic carbocycles. The normalized spacial score (nSPS) is 14.3. The van der Waals surface area contributed by atoms with Gasteiger partial charge in [-0.05, 0) is 44.2 Å². The number of carbonyl (C=O) groups is 1. The Labute approximate surface area is 213 Å². The molecule has 4 rings (SSSR count). The van der Waals surface area contributed by atoms with Gasteiger partial charge in [-0.1, -0.05) is 36.4 Å². The lowest BCUT2D eigenvalue weighted by atomic mass is 10.1. The molecule has 0 atom stereocenters. The van der Waals surface area contributed by atoms with Crippen molar-refractivity contribution in [2.75, 3.05) is 58.4 Å². The molecule has 2 heterocycles. The molecule has 0 radical (unpaired) electrons. The summed E-state index contributed by atoms with van der Waals surface area (Å²) in [6, 6.07) is 16.6. The molecule has 0 N–H and O–H groups in total. The molecular weight excluding hydrogens is 457 g/mol. The zero-order valence-corrected chi connectivity index (χ0v) is 21.5. The summed E-state index contributed by atoms with van der Waals surface area (Å²) < 4.78 is 21.3. The fourth-order valence-corrected chi connectivity index (χ4v) is 4.60. The molecule has 7 nitrogen and oxygen atoms in total. The van der Waals surface area contributed by atoms with Gasteiger partial charge in [0, 0.05) is 51.8 Å². The van der Waals surface area contributed by atoms with Gasteiger partial charge >= 0.3 is 0 Å². The van der Waals surface area contributed by atoms with E-state index in [0.29, 0.717) is 38.2 Å². The zero-order chi connectivity index (χ0) is 25.5. The number of anilines is 1. The lowest BCUT2D eigenvalue weighted by molar-refractivity contribution is -0.132. The molecule has 3 aromatic rings. The number of hydrogen-bond acceptors (Lipinski definition) is 5. The number of carbonyl (C=O) groups excluding carboxylic acids is 1. The monoisotopic (exact) mass is 493 g/mol. The first-order valence-electron chi connectivity index (χ1n) is 12.5. The summed E-state index contributed by atoms with van der Waals surface area (Å²) in [5.41, 5.74) is 3.65. The number of amides is 1. The van der Waals surface area contributed by atoms with Crippen LogP contribution in [-0.2, 0) is 22.5 Å². The second-order valence-electron chi connectivity index (χ2n) is 9.36. The van der Waals surface area contributed by atoms with E-state index in [1.54, 1.807) is 13.2 Å². The molecule has 0 unspecified atom stereocenters. The lowest BCUT2D eigenvalue weighted by Gasteiger charge is -2.35. The van der Waals surface area contributed by atoms with Crippen molar-refractivity contribution in [2.45, 2.75) is 26.3 Å². The lowest BCUT2D eigenvalue weighted by Crippen LogP contribution is -2.45. The Bertz CT molecular complexity index is 1140. The van der Waals surface area contributed by atoms with E-state index in [9.17, 15) is 9.18 Å². The summed E-state index contributed by atoms with van der Waals surface area (Å²) in [6.07, 6.45) is 1.12. The maximum atomic E-state index is 14.1. The number of likely N-dealkylation sites (N-methyl/N-ethyl adjacent to an activating group) is 1. The van der Waals surface area contributed by atoms with E-state index in [1.165, 1.54) is 12.1 Å². The molecule has 1 aliphatic heterocycles. The standard InChI is InChI=1S/C28H36FN5O2/c1-22-26(21-33(18-19-36-3)27(35)13-12-23-8-5-4-6-9-23)28(32-16-14-31(2)15-17-32)34(30-22)25-11-7-10-24(29)20-25/h4-11,20H,12-19,21H2,1-3H3. The Morgan fingerprint density at radius 1 is 1.08 bits per heavy atom. The van der Waals surface area contributed by atoms with Crippen LogP contribution in [0.25, 0.3) is 5.69 Å². The first-order valence-corrected chi connectivity index (χ1v) is 12.5. The van der Waals surface area contributed by atoms with Crippen LogP contribution in [0, 0.1) is 12.7 Å². The maximum absolute atomic E-state index is 14.1. The van der Waals surface area contributed by atoms with Crippen LogP contribution in [0.4, 0.5) is 10.2 Å². The van der Waals surface area contributed by atoms with Gasteiger partial charge in [0.15, 0.2) is 0 Å². The Morgan fingerprint density at radius 3 is 2.53 bits per heavy atom. The van der Waals surface area contributed by atoms with Gasteiger partial charge < -0.3 is 19.4 Å². The smallest absolute Gasteiger partial charge is 0.223 e. The van der Waals surface area contributed by atoms with Gasteiger partial charge in [-0.3, -0.25) is 4.79 Å². The molecule has 0 bridgehead atoms. The number of piperazine rings is 1. The Morgan fingerprint density at radius 2 is 1.83 bits per heavy atom. The molecular formula is C28H36FN5O2. The van der Waals surface area contributed by atoms with Crippen molar-refractivity contribution in [3.8, 4) is 5.69 Å². The van der Waals surface area contributed by atoms with Crippen molar-refractivity contribution >= 4 is 11.7 Å². The fraction of sp³-hybridized carbons (Fsp3) is 0.429. The van der Waals surface area contributed by atoms with Gasteiger partial charge in [-0.25, -0.2) is 9.07 Å². The fourth-order valence-electron chi connectivity index (χ4n) is 4.60. The SMILES string of the molecule is COCCN(Cc1c(C)nn(-c2cccc(F)c2)c1N1CCN(C)CC1)C(=O)CCc1ccccc1. The van der Waals surface area contributed by atoms with Crippen molar-refractivity contribution < 1.29 is 13.9 Å². The second-order valence-corrected chi connectivity index (χ2v) is 9.36. The Hall–Kier alpha value is -3.23. The third kappa shape index (κ3) is 6.30. The molecule has 192 valence electrons. The van der Waals surface area contributed by atoms with E-state index < -0.39 is 0 Å². The number of rotatable bonds is 10. The zero-order valence-electron chi connectivity index (χ0n) is 21.5. The predicted octanol–water partition coefficient (Wildman–Crippen LogP) is 3.68. The minimum atomic E-state index is -0.302. The minimum absolute atomic E-state index is 0.0816. The first kappa shape index (κ1) is 25.9. The van der Waals surface area contributed by atoms with E-state index in [1.807, 2.05) is 52.9 Å². The number of ether oxygens (including phenoxy) is 1. The summed E-state index contributed by atoms with van der Waals surface area (Å²) in [5.74, 6) is 0.715. The van der Waals surface area contributed by atoms with Crippen LogP contribution >= 0.6 is 0 Å². The van der Waals surface area contributed by atoms with Gasteiger partial charge in [-0.2, -0.15) is 5.10 Å². The molecule has 2 aromatic carbocycles. The summed E-state index contributed by atoms with van der Waals surface area (Å²) >= 11 is 0. The molecule has 1 saturated heterocycles. The number of aryl methyl sites for hydroxylation is 2. The van der Waals surface area contributed by atoms with E-state index in [4.69, 9.17) is 9.84 Å². The largest absolute Gasteiger partial charge is 0.383 e. The van der Waals surface area contributed by atoms with Crippen molar-refractivity contribution in [3.05, 3.63) is 77.2 Å². The molecule has 36 heavy (non-hydrogen) atoms. The highest BCUT2D eigenvalue weighted by molar-refractivity contribution is 5.77. The Kier molecular flexibility index (Phi) is 8.72. The van der Waals surface area contributed by atoms with Gasteiger partial charge in [0.1, 0.15) is 11.6 Å². The van der Waals surface area contributed by atoms with E-state index in [2.05, 4.69) is 16.8 Å². The van der Waals surface area contributed by atoms with E-state index in [-0.39, 0.29) is 11.7 Å². The van der Waals surface area contributed by atoms with Gasteiger partial charge in [0.25, 0.3) is 0 Å². The molecule has 8 heteroatoms. The number of nitrogens with zero attached hydrogens (tertiary/aromatic N) is 5. The molecule has 1 aliphatic rings. The minimum Gasteiger partial charge on any atom is -0.383 e. The number of halogens is 1. The summed E-state index contributed by atoms with van der Waals surface area (Å²) in [7, 11) is 3.76. The molecule has 1 fully saturated rings. The average Bonchev–Trinajstić information content (AvgIpc) is 3.21. The van der Waals surface area contributed by atoms with Crippen molar-refractivity contribution in [2.24, 2.45) is 0 Å². The van der Waals surface area contributed by atoms with Crippen LogP contribution in [0.3, 0.4) is 0 Å². The van der Waals surface area contributed by atoms with Crippen LogP contribution in [0.1, 0.15) is 23.2 Å². The van der Waals surface area contributed by atoms with Gasteiger partial charge in [-0.15, -0.1) is 0 Å². The number of aromatic nitrogens is 2. The van der Waals surface area contributed by atoms with Gasteiger partial charge in [0.05, 0.1) is 24.5 Å². The molecule has 1 amide bonds. The second kappa shape index (κ2) is 12.1. The van der Waals surface area contributed by atoms with Crippen LogP contribution in [0.15, 0.2) is 54.6 Å². The molecule has 0 saturated carbocycles. The Balaban J connectivity index is 1.64. The highest BCUT2D eigenvalue weighted by Gasteiger charge is 2.27. The first-order chi connectivity index (χ1) is 17.5.